The molecule has 1 aliphatic heterocycles. The van der Waals surface area contributed by atoms with E-state index in [-0.39, 0.29) is 43.0 Å². The van der Waals surface area contributed by atoms with E-state index in [1.54, 1.807) is 34.1 Å². The number of carbonyl (C=O) groups is 2. The lowest BCUT2D eigenvalue weighted by Crippen LogP contribution is -2.45. The largest absolute Gasteiger partial charge is 0.464 e. The van der Waals surface area contributed by atoms with Crippen molar-refractivity contribution in [1.82, 2.24) is 9.80 Å². The van der Waals surface area contributed by atoms with E-state index in [9.17, 15) is 14.4 Å². The van der Waals surface area contributed by atoms with Crippen molar-refractivity contribution in [1.29, 1.82) is 0 Å². The summed E-state index contributed by atoms with van der Waals surface area (Å²) in [5.74, 6) is -0.477. The van der Waals surface area contributed by atoms with Gasteiger partial charge in [-0.15, -0.1) is 0 Å². The maximum Gasteiger partial charge on any atom is 0.254 e. The number of aryl methyl sites for hydroxylation is 2. The van der Waals surface area contributed by atoms with Gasteiger partial charge >= 0.3 is 0 Å². The van der Waals surface area contributed by atoms with Crippen molar-refractivity contribution in [2.75, 3.05) is 19.7 Å². The van der Waals surface area contributed by atoms with E-state index in [0.717, 1.165) is 29.5 Å². The molecule has 0 spiro atoms. The molecule has 1 saturated heterocycles. The number of hydrogen-bond donors (Lipinski definition) is 0. The quantitative estimate of drug-likeness (QED) is 0.290. The first-order valence-electron chi connectivity index (χ1n) is 13.7. The van der Waals surface area contributed by atoms with Crippen LogP contribution in [0.25, 0.3) is 11.0 Å². The van der Waals surface area contributed by atoms with Gasteiger partial charge in [0.25, 0.3) is 5.91 Å². The van der Waals surface area contributed by atoms with Crippen LogP contribution in [0.5, 0.6) is 0 Å². The standard InChI is InChI=1S/C33H34N2O5/c1-23-10-13-26(14-11-23)33(38)35(20-28-9-6-16-39-28)21-31(36)34(18-25-7-4-3-5-8-25)19-27-22-40-30-15-12-24(2)17-29(30)32(27)37/h3-5,7-8,10-15,17,22,28H,6,9,16,18-21H2,1-2H3/t28-/m1/s1. The number of amides is 2. The van der Waals surface area contributed by atoms with Gasteiger partial charge in [0.1, 0.15) is 12.1 Å². The number of nitrogens with zero attached hydrogens (tertiary/aromatic N) is 2. The summed E-state index contributed by atoms with van der Waals surface area (Å²) in [6, 6.07) is 22.4. The zero-order valence-electron chi connectivity index (χ0n) is 23.0. The zero-order chi connectivity index (χ0) is 28.1. The number of carbonyl (C=O) groups excluding carboxylic acids is 2. The fraction of sp³-hybridized carbons (Fsp3) is 0.303. The first kappa shape index (κ1) is 27.3. The van der Waals surface area contributed by atoms with E-state index in [1.165, 1.54) is 6.26 Å². The van der Waals surface area contributed by atoms with Crippen molar-refractivity contribution >= 4 is 22.8 Å². The Balaban J connectivity index is 1.44. The average Bonchev–Trinajstić information content (AvgIpc) is 3.48. The fourth-order valence-corrected chi connectivity index (χ4v) is 5.03. The predicted octanol–water partition coefficient (Wildman–Crippen LogP) is 5.26. The minimum Gasteiger partial charge on any atom is -0.464 e. The lowest BCUT2D eigenvalue weighted by Gasteiger charge is -2.29. The average molecular weight is 539 g/mol. The highest BCUT2D eigenvalue weighted by Gasteiger charge is 2.27. The van der Waals surface area contributed by atoms with Crippen LogP contribution in [0.15, 0.2) is 88.3 Å². The summed E-state index contributed by atoms with van der Waals surface area (Å²) < 4.78 is 11.6. The zero-order valence-corrected chi connectivity index (χ0v) is 23.0. The van der Waals surface area contributed by atoms with Crippen LogP contribution in [0.1, 0.15) is 45.5 Å². The van der Waals surface area contributed by atoms with Gasteiger partial charge in [0.15, 0.2) is 5.43 Å². The lowest BCUT2D eigenvalue weighted by atomic mass is 10.1. The number of ether oxygens (including phenoxy) is 1. The summed E-state index contributed by atoms with van der Waals surface area (Å²) in [4.78, 5) is 44.1. The van der Waals surface area contributed by atoms with E-state index in [1.807, 2.05) is 62.4 Å². The van der Waals surface area contributed by atoms with E-state index < -0.39 is 0 Å². The normalized spacial score (nSPS) is 14.8. The molecule has 206 valence electrons. The van der Waals surface area contributed by atoms with Crippen LogP contribution >= 0.6 is 0 Å². The smallest absolute Gasteiger partial charge is 0.254 e. The topological polar surface area (TPSA) is 80.1 Å². The van der Waals surface area contributed by atoms with Gasteiger partial charge in [0, 0.05) is 25.3 Å². The van der Waals surface area contributed by atoms with Gasteiger partial charge in [-0.1, -0.05) is 59.7 Å². The summed E-state index contributed by atoms with van der Waals surface area (Å²) >= 11 is 0. The molecule has 0 saturated carbocycles. The molecule has 1 atom stereocenters. The highest BCUT2D eigenvalue weighted by atomic mass is 16.5. The number of benzene rings is 3. The molecule has 0 radical (unpaired) electrons. The molecule has 5 rings (SSSR count). The van der Waals surface area contributed by atoms with E-state index in [0.29, 0.717) is 35.2 Å². The van der Waals surface area contributed by atoms with Gasteiger partial charge in [0.05, 0.1) is 29.9 Å². The maximum absolute atomic E-state index is 13.9. The van der Waals surface area contributed by atoms with Crippen LogP contribution in [-0.2, 0) is 22.6 Å². The molecule has 0 bridgehead atoms. The molecule has 7 nitrogen and oxygen atoms in total. The van der Waals surface area contributed by atoms with Gasteiger partial charge < -0.3 is 19.0 Å². The third-order valence-electron chi connectivity index (χ3n) is 7.29. The highest BCUT2D eigenvalue weighted by Crippen LogP contribution is 2.18. The monoisotopic (exact) mass is 538 g/mol. The molecular formula is C33H34N2O5. The minimum absolute atomic E-state index is 0.0619. The molecule has 2 amide bonds. The Morgan fingerprint density at radius 2 is 1.65 bits per heavy atom. The van der Waals surface area contributed by atoms with Crippen LogP contribution in [0.3, 0.4) is 0 Å². The van der Waals surface area contributed by atoms with E-state index in [2.05, 4.69) is 0 Å². The molecule has 4 aromatic rings. The molecule has 1 aromatic heterocycles. The van der Waals surface area contributed by atoms with E-state index >= 15 is 0 Å². The van der Waals surface area contributed by atoms with Gasteiger partial charge in [-0.2, -0.15) is 0 Å². The second-order valence-corrected chi connectivity index (χ2v) is 10.5. The first-order valence-corrected chi connectivity index (χ1v) is 13.7. The van der Waals surface area contributed by atoms with E-state index in [4.69, 9.17) is 9.15 Å². The number of rotatable bonds is 9. The second-order valence-electron chi connectivity index (χ2n) is 10.5. The SMILES string of the molecule is Cc1ccc(C(=O)N(CC(=O)N(Cc2ccccc2)Cc2coc3ccc(C)cc3c2=O)C[C@H]2CCCO2)cc1. The Kier molecular flexibility index (Phi) is 8.41. The Morgan fingerprint density at radius 3 is 2.38 bits per heavy atom. The molecule has 0 N–H and O–H groups in total. The van der Waals surface area contributed by atoms with Gasteiger partial charge in [-0.3, -0.25) is 14.4 Å². The predicted molar refractivity (Wildman–Crippen MR) is 154 cm³/mol. The summed E-state index contributed by atoms with van der Waals surface area (Å²) in [6.07, 6.45) is 3.10. The Labute approximate surface area is 234 Å². The van der Waals surface area contributed by atoms with Crippen LogP contribution in [0.4, 0.5) is 0 Å². The van der Waals surface area contributed by atoms with Gasteiger partial charge in [0.2, 0.25) is 5.91 Å². The van der Waals surface area contributed by atoms with Crippen LogP contribution in [0, 0.1) is 13.8 Å². The molecule has 40 heavy (non-hydrogen) atoms. The Hall–Kier alpha value is -4.23. The molecule has 1 fully saturated rings. The molecule has 0 aliphatic carbocycles. The van der Waals surface area contributed by atoms with Crippen LogP contribution in [-0.4, -0.2) is 47.4 Å². The molecule has 2 heterocycles. The summed E-state index contributed by atoms with van der Waals surface area (Å²) in [5.41, 5.74) is 4.18. The van der Waals surface area contributed by atoms with Crippen molar-refractivity contribution in [2.45, 2.75) is 45.9 Å². The first-order chi connectivity index (χ1) is 19.4. The van der Waals surface area contributed by atoms with Crippen molar-refractivity contribution < 1.29 is 18.7 Å². The molecule has 7 heteroatoms. The molecule has 0 unspecified atom stereocenters. The number of hydrogen-bond acceptors (Lipinski definition) is 5. The van der Waals surface area contributed by atoms with Crippen molar-refractivity contribution in [2.24, 2.45) is 0 Å². The van der Waals surface area contributed by atoms with Crippen LogP contribution in [0.2, 0.25) is 0 Å². The van der Waals surface area contributed by atoms with Crippen LogP contribution < -0.4 is 5.43 Å². The third kappa shape index (κ3) is 6.49. The highest BCUT2D eigenvalue weighted by molar-refractivity contribution is 5.96. The summed E-state index contributed by atoms with van der Waals surface area (Å²) in [6.45, 7) is 5.09. The molecule has 1 aliphatic rings. The summed E-state index contributed by atoms with van der Waals surface area (Å²) in [5, 5.41) is 0.485. The van der Waals surface area contributed by atoms with Crippen molar-refractivity contribution in [3.8, 4) is 0 Å². The molecular weight excluding hydrogens is 504 g/mol. The van der Waals surface area contributed by atoms with Crippen molar-refractivity contribution in [3.63, 3.8) is 0 Å². The second kappa shape index (κ2) is 12.3. The summed E-state index contributed by atoms with van der Waals surface area (Å²) in [7, 11) is 0. The van der Waals surface area contributed by atoms with Gasteiger partial charge in [-0.05, 0) is 56.5 Å². The third-order valence-corrected chi connectivity index (χ3v) is 7.29. The van der Waals surface area contributed by atoms with Crippen molar-refractivity contribution in [3.05, 3.63) is 117 Å². The Bertz CT molecular complexity index is 1540. The minimum atomic E-state index is -0.258. The number of fused-ring (bicyclic) bond motifs is 1. The fourth-order valence-electron chi connectivity index (χ4n) is 5.03. The lowest BCUT2D eigenvalue weighted by molar-refractivity contribution is -0.133. The maximum atomic E-state index is 13.9. The van der Waals surface area contributed by atoms with Gasteiger partial charge in [-0.25, -0.2) is 0 Å². The Morgan fingerprint density at radius 1 is 0.900 bits per heavy atom. The molecule has 3 aromatic carbocycles.